The van der Waals surface area contributed by atoms with Crippen LogP contribution in [0, 0.1) is 0 Å². The molecule has 0 saturated carbocycles. The van der Waals surface area contributed by atoms with E-state index in [4.69, 9.17) is 0 Å². The summed E-state index contributed by atoms with van der Waals surface area (Å²) in [4.78, 5) is 4.58. The molecule has 0 unspecified atom stereocenters. The second-order valence-electron chi connectivity index (χ2n) is 0.948. The van der Waals surface area contributed by atoms with Gasteiger partial charge in [0.05, 0.1) is 0 Å². The first-order chi connectivity index (χ1) is 3.41. The van der Waals surface area contributed by atoms with Gasteiger partial charge in [0.1, 0.15) is 6.61 Å². The molecule has 0 aromatic rings. The van der Waals surface area contributed by atoms with Gasteiger partial charge in [0.15, 0.2) is 0 Å². The van der Waals surface area contributed by atoms with Crippen molar-refractivity contribution in [1.29, 1.82) is 0 Å². The van der Waals surface area contributed by atoms with Crippen molar-refractivity contribution in [3.8, 4) is 0 Å². The van der Waals surface area contributed by atoms with Crippen LogP contribution in [0.25, 0.3) is 0 Å². The van der Waals surface area contributed by atoms with Gasteiger partial charge in [-0.3, -0.25) is 0 Å². The van der Waals surface area contributed by atoms with Gasteiger partial charge < -0.3 is 4.84 Å². The van der Waals surface area contributed by atoms with Crippen molar-refractivity contribution in [1.82, 2.24) is 0 Å². The van der Waals surface area contributed by atoms with E-state index < -0.39 is 0 Å². The maximum atomic E-state index is 4.58. The van der Waals surface area contributed by atoms with Crippen molar-refractivity contribution in [3.63, 3.8) is 0 Å². The van der Waals surface area contributed by atoms with E-state index in [0.29, 0.717) is 6.61 Å². The Morgan fingerprint density at radius 1 is 1.86 bits per heavy atom. The fraction of sp³-hybridized carbons (Fsp3) is 0.400. The third kappa shape index (κ3) is 5.21. The summed E-state index contributed by atoms with van der Waals surface area (Å²) in [5.74, 6) is 0. The average molecular weight is 99.1 g/mol. The van der Waals surface area contributed by atoms with Crippen LogP contribution < -0.4 is 0 Å². The van der Waals surface area contributed by atoms with E-state index in [1.807, 2.05) is 0 Å². The van der Waals surface area contributed by atoms with Crippen molar-refractivity contribution >= 4 is 6.21 Å². The maximum absolute atomic E-state index is 4.58. The Morgan fingerprint density at radius 2 is 2.57 bits per heavy atom. The molecule has 0 aromatic carbocycles. The Hall–Kier alpha value is -0.790. The van der Waals surface area contributed by atoms with Crippen molar-refractivity contribution in [2.75, 3.05) is 6.61 Å². The molecule has 0 N–H and O–H groups in total. The van der Waals surface area contributed by atoms with E-state index in [-0.39, 0.29) is 0 Å². The monoisotopic (exact) mass is 99.1 g/mol. The van der Waals surface area contributed by atoms with Gasteiger partial charge in [-0.2, -0.15) is 0 Å². The maximum Gasteiger partial charge on any atom is 0.135 e. The molecule has 0 aliphatic heterocycles. The third-order valence-electron chi connectivity index (χ3n) is 0.372. The van der Waals surface area contributed by atoms with Crippen LogP contribution in [-0.2, 0) is 4.84 Å². The molecule has 0 bridgehead atoms. The molecule has 2 heteroatoms. The van der Waals surface area contributed by atoms with Crippen LogP contribution in [0.1, 0.15) is 6.92 Å². The van der Waals surface area contributed by atoms with Gasteiger partial charge in [-0.25, -0.2) is 0 Å². The minimum atomic E-state index is 0.490. The molecule has 40 valence electrons. The summed E-state index contributed by atoms with van der Waals surface area (Å²) >= 11 is 0. The largest absolute Gasteiger partial charge is 0.392 e. The van der Waals surface area contributed by atoms with Gasteiger partial charge in [0, 0.05) is 6.21 Å². The first kappa shape index (κ1) is 6.21. The average Bonchev–Trinajstić information content (AvgIpc) is 1.69. The number of hydrogen-bond donors (Lipinski definition) is 0. The van der Waals surface area contributed by atoms with Crippen LogP contribution in [0.2, 0.25) is 0 Å². The SMILES string of the molecule is C=CCO/N=C\C. The van der Waals surface area contributed by atoms with Crippen LogP contribution >= 0.6 is 0 Å². The molecule has 0 aliphatic rings. The van der Waals surface area contributed by atoms with Gasteiger partial charge in [-0.1, -0.05) is 17.8 Å². The Morgan fingerprint density at radius 3 is 3.00 bits per heavy atom. The molecule has 0 spiro atoms. The second kappa shape index (κ2) is 5.21. The van der Waals surface area contributed by atoms with Crippen LogP contribution in [0.3, 0.4) is 0 Å². The van der Waals surface area contributed by atoms with Gasteiger partial charge in [-0.15, -0.1) is 0 Å². The van der Waals surface area contributed by atoms with Gasteiger partial charge in [0.25, 0.3) is 0 Å². The quantitative estimate of drug-likeness (QED) is 0.225. The summed E-state index contributed by atoms with van der Waals surface area (Å²) in [5.41, 5.74) is 0. The molecular formula is C5H9NO. The Kier molecular flexibility index (Phi) is 4.62. The van der Waals surface area contributed by atoms with Crippen LogP contribution in [0.4, 0.5) is 0 Å². The Balaban J connectivity index is 2.82. The third-order valence-corrected chi connectivity index (χ3v) is 0.372. The number of oxime groups is 1. The summed E-state index contributed by atoms with van der Waals surface area (Å²) in [6.45, 7) is 5.72. The van der Waals surface area contributed by atoms with Crippen molar-refractivity contribution < 1.29 is 4.84 Å². The van der Waals surface area contributed by atoms with Gasteiger partial charge >= 0.3 is 0 Å². The standard InChI is InChI=1S/C5H9NO/c1-3-5-7-6-4-2/h3-4H,1,5H2,2H3/b6-4-. The van der Waals surface area contributed by atoms with Crippen molar-refractivity contribution in [2.24, 2.45) is 5.16 Å². The molecule has 7 heavy (non-hydrogen) atoms. The van der Waals surface area contributed by atoms with Crippen LogP contribution in [-0.4, -0.2) is 12.8 Å². The van der Waals surface area contributed by atoms with E-state index in [2.05, 4.69) is 16.6 Å². The Bertz CT molecular complexity index is 68.5. The molecule has 0 saturated heterocycles. The summed E-state index contributed by atoms with van der Waals surface area (Å²) in [6, 6.07) is 0. The predicted octanol–water partition coefficient (Wildman–Crippen LogP) is 1.19. The zero-order valence-corrected chi connectivity index (χ0v) is 4.42. The van der Waals surface area contributed by atoms with E-state index in [9.17, 15) is 0 Å². The van der Waals surface area contributed by atoms with Gasteiger partial charge in [-0.05, 0) is 6.92 Å². The molecule has 0 rings (SSSR count). The molecule has 0 aliphatic carbocycles. The molecule has 0 amide bonds. The molecule has 0 radical (unpaired) electrons. The highest BCUT2D eigenvalue weighted by Gasteiger charge is 1.65. The topological polar surface area (TPSA) is 21.6 Å². The van der Waals surface area contributed by atoms with Crippen LogP contribution in [0.15, 0.2) is 17.8 Å². The highest BCUT2D eigenvalue weighted by molar-refractivity contribution is 5.52. The van der Waals surface area contributed by atoms with E-state index >= 15 is 0 Å². The fourth-order valence-corrected chi connectivity index (χ4v) is 0.170. The summed E-state index contributed by atoms with van der Waals surface area (Å²) in [6.07, 6.45) is 3.23. The van der Waals surface area contributed by atoms with E-state index in [0.717, 1.165) is 0 Å². The summed E-state index contributed by atoms with van der Waals surface area (Å²) in [5, 5.41) is 3.47. The lowest BCUT2D eigenvalue weighted by Crippen LogP contribution is -1.78. The van der Waals surface area contributed by atoms with Crippen molar-refractivity contribution in [2.45, 2.75) is 6.92 Å². The smallest absolute Gasteiger partial charge is 0.135 e. The molecule has 0 heterocycles. The number of rotatable bonds is 3. The highest BCUT2D eigenvalue weighted by Crippen LogP contribution is 1.71. The highest BCUT2D eigenvalue weighted by atomic mass is 16.6. The normalized spacial score (nSPS) is 9.29. The molecule has 0 atom stereocenters. The lowest BCUT2D eigenvalue weighted by molar-refractivity contribution is 0.176. The molecule has 2 nitrogen and oxygen atoms in total. The first-order valence-corrected chi connectivity index (χ1v) is 2.12. The zero-order valence-electron chi connectivity index (χ0n) is 4.42. The summed E-state index contributed by atoms with van der Waals surface area (Å²) in [7, 11) is 0. The van der Waals surface area contributed by atoms with E-state index in [1.54, 1.807) is 19.2 Å². The lowest BCUT2D eigenvalue weighted by atomic mass is 10.7. The fourth-order valence-electron chi connectivity index (χ4n) is 0.170. The number of hydrogen-bond acceptors (Lipinski definition) is 2. The minimum absolute atomic E-state index is 0.490. The Labute approximate surface area is 43.5 Å². The summed E-state index contributed by atoms with van der Waals surface area (Å²) < 4.78 is 0. The minimum Gasteiger partial charge on any atom is -0.392 e. The van der Waals surface area contributed by atoms with Crippen molar-refractivity contribution in [3.05, 3.63) is 12.7 Å². The van der Waals surface area contributed by atoms with Gasteiger partial charge in [0.2, 0.25) is 0 Å². The molecule has 0 fully saturated rings. The lowest BCUT2D eigenvalue weighted by Gasteiger charge is -1.86. The molecular weight excluding hydrogens is 90.1 g/mol. The molecule has 0 aromatic heterocycles. The van der Waals surface area contributed by atoms with E-state index in [1.165, 1.54) is 0 Å². The zero-order chi connectivity index (χ0) is 5.54. The number of nitrogens with zero attached hydrogens (tertiary/aromatic N) is 1. The second-order valence-corrected chi connectivity index (χ2v) is 0.948. The first-order valence-electron chi connectivity index (χ1n) is 2.12. The predicted molar refractivity (Wildman–Crippen MR) is 30.3 cm³/mol. The van der Waals surface area contributed by atoms with Crippen LogP contribution in [0.5, 0.6) is 0 Å².